The van der Waals surface area contributed by atoms with Gasteiger partial charge in [0.1, 0.15) is 4.21 Å². The number of aryl methyl sites for hydroxylation is 2. The molecule has 2 saturated carbocycles. The average molecular weight is 373 g/mol. The van der Waals surface area contributed by atoms with Crippen LogP contribution in [0.3, 0.4) is 0 Å². The Morgan fingerprint density at radius 3 is 2.54 bits per heavy atom. The highest BCUT2D eigenvalue weighted by molar-refractivity contribution is 7.91. The smallest absolute Gasteiger partial charge is 0.317 e. The first-order chi connectivity index (χ1) is 11.2. The Bertz CT molecular complexity index is 718. The van der Waals surface area contributed by atoms with Crippen molar-refractivity contribution in [2.24, 2.45) is 5.92 Å². The number of carboxylic acids is 1. The topological polar surface area (TPSA) is 86.7 Å². The van der Waals surface area contributed by atoms with Crippen LogP contribution in [0.15, 0.2) is 10.3 Å². The second-order valence-electron chi connectivity index (χ2n) is 7.04. The summed E-state index contributed by atoms with van der Waals surface area (Å²) in [6.07, 6.45) is 3.72. The summed E-state index contributed by atoms with van der Waals surface area (Å²) in [6.45, 7) is 4.58. The van der Waals surface area contributed by atoms with E-state index in [9.17, 15) is 13.2 Å². The molecule has 0 bridgehead atoms. The van der Waals surface area contributed by atoms with Crippen LogP contribution in [0.1, 0.15) is 36.1 Å². The summed E-state index contributed by atoms with van der Waals surface area (Å²) in [5, 5.41) is 9.07. The van der Waals surface area contributed by atoms with Crippen molar-refractivity contribution in [1.29, 1.82) is 0 Å². The molecular weight excluding hydrogens is 348 g/mol. The molecule has 1 aromatic rings. The Kier molecular flexibility index (Phi) is 5.01. The molecule has 6 nitrogen and oxygen atoms in total. The van der Waals surface area contributed by atoms with E-state index in [0.717, 1.165) is 17.0 Å². The lowest BCUT2D eigenvalue weighted by molar-refractivity contribution is -0.139. The Balaban J connectivity index is 1.57. The molecule has 1 aromatic heterocycles. The van der Waals surface area contributed by atoms with Gasteiger partial charge in [0, 0.05) is 23.5 Å². The van der Waals surface area contributed by atoms with Crippen molar-refractivity contribution < 1.29 is 18.3 Å². The first-order valence-corrected chi connectivity index (χ1v) is 10.6. The zero-order chi connectivity index (χ0) is 17.5. The number of hydrogen-bond acceptors (Lipinski definition) is 5. The molecule has 2 aliphatic rings. The van der Waals surface area contributed by atoms with Crippen molar-refractivity contribution in [3.8, 4) is 0 Å². The summed E-state index contributed by atoms with van der Waals surface area (Å²) < 4.78 is 28.2. The van der Waals surface area contributed by atoms with Crippen LogP contribution in [0.5, 0.6) is 0 Å². The van der Waals surface area contributed by atoms with Crippen LogP contribution in [0.25, 0.3) is 0 Å². The lowest BCUT2D eigenvalue weighted by Gasteiger charge is -2.42. The van der Waals surface area contributed by atoms with E-state index < -0.39 is 16.0 Å². The molecule has 3 rings (SSSR count). The molecular formula is C16H24N2O4S2. The summed E-state index contributed by atoms with van der Waals surface area (Å²) in [4.78, 5) is 14.0. The maximum absolute atomic E-state index is 12.5. The van der Waals surface area contributed by atoms with E-state index in [1.54, 1.807) is 0 Å². The number of thiophene rings is 1. The zero-order valence-corrected chi connectivity index (χ0v) is 15.6. The third-order valence-electron chi connectivity index (χ3n) is 4.72. The average Bonchev–Trinajstić information content (AvgIpc) is 3.15. The SMILES string of the molecule is Cc1cc(C)c(S(=O)(=O)NC2CC(N(CC(=O)O)CC3CC3)C2)s1. The van der Waals surface area contributed by atoms with Crippen LogP contribution in [0.4, 0.5) is 0 Å². The number of nitrogens with one attached hydrogen (secondary N) is 1. The number of carboxylic acid groups (broad SMARTS) is 1. The molecule has 0 atom stereocenters. The Labute approximate surface area is 146 Å². The van der Waals surface area contributed by atoms with Gasteiger partial charge in [-0.05, 0) is 57.1 Å². The maximum Gasteiger partial charge on any atom is 0.317 e. The van der Waals surface area contributed by atoms with Gasteiger partial charge in [0.05, 0.1) is 6.54 Å². The van der Waals surface area contributed by atoms with Gasteiger partial charge in [0.15, 0.2) is 0 Å². The quantitative estimate of drug-likeness (QED) is 0.729. The molecule has 0 radical (unpaired) electrons. The highest BCUT2D eigenvalue weighted by atomic mass is 32.2. The van der Waals surface area contributed by atoms with E-state index in [0.29, 0.717) is 23.0 Å². The Hall–Kier alpha value is -0.960. The van der Waals surface area contributed by atoms with Gasteiger partial charge in [-0.1, -0.05) is 0 Å². The normalized spacial score (nSPS) is 24.1. The van der Waals surface area contributed by atoms with Crippen LogP contribution >= 0.6 is 11.3 Å². The third-order valence-corrected chi connectivity index (χ3v) is 8.03. The van der Waals surface area contributed by atoms with Gasteiger partial charge in [-0.3, -0.25) is 9.69 Å². The molecule has 0 aromatic carbocycles. The van der Waals surface area contributed by atoms with E-state index >= 15 is 0 Å². The predicted octanol–water partition coefficient (Wildman–Crippen LogP) is 1.97. The molecule has 0 unspecified atom stereocenters. The maximum atomic E-state index is 12.5. The lowest BCUT2D eigenvalue weighted by atomic mass is 9.86. The number of carbonyl (C=O) groups is 1. The standard InChI is InChI=1S/C16H24N2O4S2/c1-10-5-11(2)23-16(10)24(21,22)17-13-6-14(7-13)18(9-15(19)20)8-12-3-4-12/h5,12-14,17H,3-4,6-9H2,1-2H3,(H,19,20). The van der Waals surface area contributed by atoms with E-state index in [-0.39, 0.29) is 18.6 Å². The van der Waals surface area contributed by atoms with Crippen LogP contribution < -0.4 is 4.72 Å². The van der Waals surface area contributed by atoms with Crippen LogP contribution in [-0.2, 0) is 14.8 Å². The van der Waals surface area contributed by atoms with Crippen LogP contribution in [-0.4, -0.2) is 49.6 Å². The molecule has 2 N–H and O–H groups in total. The minimum atomic E-state index is -3.48. The predicted molar refractivity (Wildman–Crippen MR) is 92.9 cm³/mol. The van der Waals surface area contributed by atoms with Crippen molar-refractivity contribution in [3.05, 3.63) is 16.5 Å². The highest BCUT2D eigenvalue weighted by Gasteiger charge is 2.39. The first-order valence-electron chi connectivity index (χ1n) is 8.30. The molecule has 8 heteroatoms. The summed E-state index contributed by atoms with van der Waals surface area (Å²) in [5.74, 6) is -0.193. The van der Waals surface area contributed by atoms with Gasteiger partial charge in [0.2, 0.25) is 0 Å². The first kappa shape index (κ1) is 17.8. The van der Waals surface area contributed by atoms with Crippen molar-refractivity contribution in [1.82, 2.24) is 9.62 Å². The number of aliphatic carboxylic acids is 1. The summed E-state index contributed by atoms with van der Waals surface area (Å²) >= 11 is 1.29. The molecule has 0 spiro atoms. The highest BCUT2D eigenvalue weighted by Crippen LogP contribution is 2.34. The fourth-order valence-electron chi connectivity index (χ4n) is 3.29. The van der Waals surface area contributed by atoms with Gasteiger partial charge in [-0.25, -0.2) is 13.1 Å². The minimum absolute atomic E-state index is 0.0455. The lowest BCUT2D eigenvalue weighted by Crippen LogP contribution is -2.55. The molecule has 2 fully saturated rings. The van der Waals surface area contributed by atoms with E-state index in [1.807, 2.05) is 24.8 Å². The molecule has 24 heavy (non-hydrogen) atoms. The van der Waals surface area contributed by atoms with Gasteiger partial charge >= 0.3 is 5.97 Å². The molecule has 0 amide bonds. The van der Waals surface area contributed by atoms with Crippen LogP contribution in [0, 0.1) is 19.8 Å². The van der Waals surface area contributed by atoms with Gasteiger partial charge in [0.25, 0.3) is 10.0 Å². The summed E-state index contributed by atoms with van der Waals surface area (Å²) in [6, 6.07) is 1.95. The Morgan fingerprint density at radius 1 is 1.38 bits per heavy atom. The molecule has 134 valence electrons. The van der Waals surface area contributed by atoms with Crippen molar-refractivity contribution in [2.75, 3.05) is 13.1 Å². The molecule has 0 saturated heterocycles. The summed E-state index contributed by atoms with van der Waals surface area (Å²) in [5.41, 5.74) is 0.780. The Morgan fingerprint density at radius 2 is 2.04 bits per heavy atom. The second-order valence-corrected chi connectivity index (χ2v) is 10.2. The largest absolute Gasteiger partial charge is 0.480 e. The molecule has 1 heterocycles. The number of sulfonamides is 1. The monoisotopic (exact) mass is 372 g/mol. The van der Waals surface area contributed by atoms with E-state index in [4.69, 9.17) is 5.11 Å². The van der Waals surface area contributed by atoms with E-state index in [1.165, 1.54) is 24.2 Å². The van der Waals surface area contributed by atoms with Crippen molar-refractivity contribution in [3.63, 3.8) is 0 Å². The van der Waals surface area contributed by atoms with Gasteiger partial charge in [-0.15, -0.1) is 11.3 Å². The second kappa shape index (κ2) is 6.74. The zero-order valence-electron chi connectivity index (χ0n) is 14.0. The van der Waals surface area contributed by atoms with E-state index in [2.05, 4.69) is 4.72 Å². The van der Waals surface area contributed by atoms with Crippen LogP contribution in [0.2, 0.25) is 0 Å². The fourth-order valence-corrected chi connectivity index (χ4v) is 6.24. The number of nitrogens with zero attached hydrogens (tertiary/aromatic N) is 1. The minimum Gasteiger partial charge on any atom is -0.480 e. The number of hydrogen-bond donors (Lipinski definition) is 2. The molecule has 0 aliphatic heterocycles. The third kappa shape index (κ3) is 4.17. The number of rotatable bonds is 8. The van der Waals surface area contributed by atoms with Gasteiger partial charge < -0.3 is 5.11 Å². The summed E-state index contributed by atoms with van der Waals surface area (Å²) in [7, 11) is -3.48. The van der Waals surface area contributed by atoms with Crippen molar-refractivity contribution >= 4 is 27.3 Å². The molecule has 2 aliphatic carbocycles. The van der Waals surface area contributed by atoms with Gasteiger partial charge in [-0.2, -0.15) is 0 Å². The van der Waals surface area contributed by atoms with Crippen molar-refractivity contribution in [2.45, 2.75) is 55.8 Å². The fraction of sp³-hybridized carbons (Fsp3) is 0.688.